The van der Waals surface area contributed by atoms with Crippen LogP contribution in [0, 0.1) is 11.6 Å². The summed E-state index contributed by atoms with van der Waals surface area (Å²) in [7, 11) is 0. The second-order valence-electron chi connectivity index (χ2n) is 5.06. The van der Waals surface area contributed by atoms with Gasteiger partial charge in [0, 0.05) is 23.9 Å². The molecule has 25 heavy (non-hydrogen) atoms. The normalized spacial score (nSPS) is 10.6. The average Bonchev–Trinajstić information content (AvgIpc) is 3.08. The molecule has 0 unspecified atom stereocenters. The zero-order valence-electron chi connectivity index (χ0n) is 13.0. The fourth-order valence-corrected chi connectivity index (χ4v) is 2.76. The molecule has 0 saturated heterocycles. The van der Waals surface area contributed by atoms with Crippen LogP contribution in [0.1, 0.15) is 10.4 Å². The highest BCUT2D eigenvalue weighted by Crippen LogP contribution is 2.18. The molecule has 0 atom stereocenters. The molecule has 8 heteroatoms. The van der Waals surface area contributed by atoms with Crippen LogP contribution in [0.3, 0.4) is 0 Å². The molecule has 0 aliphatic carbocycles. The lowest BCUT2D eigenvalue weighted by molar-refractivity contribution is 0.0952. The molecule has 0 aliphatic heterocycles. The molecule has 3 rings (SSSR count). The molecule has 5 nitrogen and oxygen atoms in total. The Labute approximate surface area is 146 Å². The third-order valence-electron chi connectivity index (χ3n) is 3.31. The SMILES string of the molecule is O=C(NCCSc1n[nH]c(-c2ccccc2)n1)c1ccc(F)cc1F. The zero-order chi connectivity index (χ0) is 17.6. The van der Waals surface area contributed by atoms with Crippen LogP contribution in [0.15, 0.2) is 53.7 Å². The minimum atomic E-state index is -0.883. The lowest BCUT2D eigenvalue weighted by Crippen LogP contribution is -2.26. The van der Waals surface area contributed by atoms with E-state index >= 15 is 0 Å². The van der Waals surface area contributed by atoms with Crippen molar-refractivity contribution in [1.82, 2.24) is 20.5 Å². The number of H-pyrrole nitrogens is 1. The lowest BCUT2D eigenvalue weighted by atomic mass is 10.2. The largest absolute Gasteiger partial charge is 0.351 e. The van der Waals surface area contributed by atoms with Gasteiger partial charge < -0.3 is 5.32 Å². The Balaban J connectivity index is 1.49. The minimum absolute atomic E-state index is 0.185. The predicted octanol–water partition coefficient (Wildman–Crippen LogP) is 3.27. The molecule has 0 bridgehead atoms. The zero-order valence-corrected chi connectivity index (χ0v) is 13.8. The van der Waals surface area contributed by atoms with E-state index in [9.17, 15) is 13.6 Å². The highest BCUT2D eigenvalue weighted by molar-refractivity contribution is 7.99. The molecule has 0 radical (unpaired) electrons. The van der Waals surface area contributed by atoms with Gasteiger partial charge in [-0.1, -0.05) is 42.1 Å². The van der Waals surface area contributed by atoms with Gasteiger partial charge in [-0.2, -0.15) is 0 Å². The Morgan fingerprint density at radius 2 is 1.96 bits per heavy atom. The highest BCUT2D eigenvalue weighted by Gasteiger charge is 2.12. The van der Waals surface area contributed by atoms with Crippen LogP contribution in [0.5, 0.6) is 0 Å². The van der Waals surface area contributed by atoms with E-state index in [1.54, 1.807) is 0 Å². The van der Waals surface area contributed by atoms with Crippen molar-refractivity contribution in [3.8, 4) is 11.4 Å². The Bertz CT molecular complexity index is 870. The number of nitrogens with one attached hydrogen (secondary N) is 2. The van der Waals surface area contributed by atoms with E-state index in [0.717, 1.165) is 17.7 Å². The fraction of sp³-hybridized carbons (Fsp3) is 0.118. The molecular formula is C17H14F2N4OS. The van der Waals surface area contributed by atoms with Gasteiger partial charge in [-0.05, 0) is 12.1 Å². The summed E-state index contributed by atoms with van der Waals surface area (Å²) < 4.78 is 26.3. The third-order valence-corrected chi connectivity index (χ3v) is 4.16. The van der Waals surface area contributed by atoms with Gasteiger partial charge in [-0.3, -0.25) is 9.89 Å². The first-order valence-corrected chi connectivity index (χ1v) is 8.46. The van der Waals surface area contributed by atoms with E-state index in [-0.39, 0.29) is 5.56 Å². The molecular weight excluding hydrogens is 346 g/mol. The van der Waals surface area contributed by atoms with Crippen LogP contribution >= 0.6 is 11.8 Å². The van der Waals surface area contributed by atoms with Crippen LogP contribution in [-0.4, -0.2) is 33.4 Å². The van der Waals surface area contributed by atoms with Gasteiger partial charge in [0.2, 0.25) is 5.16 Å². The highest BCUT2D eigenvalue weighted by atomic mass is 32.2. The van der Waals surface area contributed by atoms with E-state index in [1.165, 1.54) is 11.8 Å². The first-order valence-electron chi connectivity index (χ1n) is 7.47. The van der Waals surface area contributed by atoms with E-state index < -0.39 is 17.5 Å². The molecule has 0 aliphatic rings. The van der Waals surface area contributed by atoms with E-state index in [2.05, 4.69) is 20.5 Å². The predicted molar refractivity (Wildman–Crippen MR) is 91.2 cm³/mol. The van der Waals surface area contributed by atoms with Crippen molar-refractivity contribution in [3.63, 3.8) is 0 Å². The summed E-state index contributed by atoms with van der Waals surface area (Å²) >= 11 is 1.36. The molecule has 1 aromatic heterocycles. The second-order valence-corrected chi connectivity index (χ2v) is 6.12. The quantitative estimate of drug-likeness (QED) is 0.523. The average molecular weight is 360 g/mol. The van der Waals surface area contributed by atoms with Crippen molar-refractivity contribution in [1.29, 1.82) is 0 Å². The number of hydrogen-bond donors (Lipinski definition) is 2. The van der Waals surface area contributed by atoms with Crippen molar-refractivity contribution < 1.29 is 13.6 Å². The third kappa shape index (κ3) is 4.42. The van der Waals surface area contributed by atoms with Crippen LogP contribution < -0.4 is 5.32 Å². The second kappa shape index (κ2) is 7.89. The van der Waals surface area contributed by atoms with Crippen molar-refractivity contribution in [3.05, 3.63) is 65.7 Å². The van der Waals surface area contributed by atoms with Gasteiger partial charge >= 0.3 is 0 Å². The molecule has 128 valence electrons. The summed E-state index contributed by atoms with van der Waals surface area (Å²) in [4.78, 5) is 16.2. The van der Waals surface area contributed by atoms with Crippen LogP contribution in [0.4, 0.5) is 8.78 Å². The topological polar surface area (TPSA) is 70.7 Å². The van der Waals surface area contributed by atoms with Crippen molar-refractivity contribution in [2.75, 3.05) is 12.3 Å². The van der Waals surface area contributed by atoms with Gasteiger partial charge in [0.15, 0.2) is 5.82 Å². The number of amides is 1. The van der Waals surface area contributed by atoms with Gasteiger partial charge in [-0.15, -0.1) is 5.10 Å². The Morgan fingerprint density at radius 1 is 1.16 bits per heavy atom. The lowest BCUT2D eigenvalue weighted by Gasteiger charge is -2.05. The first-order chi connectivity index (χ1) is 12.1. The Hall–Kier alpha value is -2.74. The molecule has 2 aromatic carbocycles. The molecule has 0 fully saturated rings. The summed E-state index contributed by atoms with van der Waals surface area (Å²) in [5, 5.41) is 10.1. The van der Waals surface area contributed by atoms with Crippen molar-refractivity contribution in [2.45, 2.75) is 5.16 Å². The Kier molecular flexibility index (Phi) is 5.39. The van der Waals surface area contributed by atoms with Gasteiger partial charge in [-0.25, -0.2) is 13.8 Å². The summed E-state index contributed by atoms with van der Waals surface area (Å²) in [5.74, 6) is -1.01. The summed E-state index contributed by atoms with van der Waals surface area (Å²) in [5.41, 5.74) is 0.748. The van der Waals surface area contributed by atoms with Crippen molar-refractivity contribution in [2.24, 2.45) is 0 Å². The van der Waals surface area contributed by atoms with E-state index in [4.69, 9.17) is 0 Å². The van der Waals surface area contributed by atoms with E-state index in [0.29, 0.717) is 29.3 Å². The number of benzene rings is 2. The molecule has 1 amide bonds. The smallest absolute Gasteiger partial charge is 0.254 e. The number of nitrogens with zero attached hydrogens (tertiary/aromatic N) is 2. The molecule has 0 saturated carbocycles. The van der Waals surface area contributed by atoms with Crippen molar-refractivity contribution >= 4 is 17.7 Å². The maximum Gasteiger partial charge on any atom is 0.254 e. The standard InChI is InChI=1S/C17H14F2N4OS/c18-12-6-7-13(14(19)10-12)16(24)20-8-9-25-17-21-15(22-23-17)11-4-2-1-3-5-11/h1-7,10H,8-9H2,(H,20,24)(H,21,22,23). The molecule has 2 N–H and O–H groups in total. The number of rotatable bonds is 6. The number of carbonyl (C=O) groups is 1. The Morgan fingerprint density at radius 3 is 2.72 bits per heavy atom. The monoisotopic (exact) mass is 360 g/mol. The van der Waals surface area contributed by atoms with E-state index in [1.807, 2.05) is 30.3 Å². The number of aromatic nitrogens is 3. The summed E-state index contributed by atoms with van der Waals surface area (Å²) in [6.45, 7) is 0.301. The fourth-order valence-electron chi connectivity index (χ4n) is 2.11. The summed E-state index contributed by atoms with van der Waals surface area (Å²) in [6.07, 6.45) is 0. The molecule has 0 spiro atoms. The van der Waals surface area contributed by atoms with Crippen LogP contribution in [0.2, 0.25) is 0 Å². The maximum absolute atomic E-state index is 13.5. The number of thioether (sulfide) groups is 1. The first kappa shape index (κ1) is 17.1. The number of halogens is 2. The number of aromatic amines is 1. The maximum atomic E-state index is 13.5. The van der Waals surface area contributed by atoms with Gasteiger partial charge in [0.1, 0.15) is 11.6 Å². The minimum Gasteiger partial charge on any atom is -0.351 e. The van der Waals surface area contributed by atoms with Crippen LogP contribution in [-0.2, 0) is 0 Å². The molecule has 3 aromatic rings. The van der Waals surface area contributed by atoms with Crippen LogP contribution in [0.25, 0.3) is 11.4 Å². The molecule has 1 heterocycles. The van der Waals surface area contributed by atoms with Gasteiger partial charge in [0.05, 0.1) is 5.56 Å². The number of hydrogen-bond acceptors (Lipinski definition) is 4. The number of carbonyl (C=O) groups excluding carboxylic acids is 1. The summed E-state index contributed by atoms with van der Waals surface area (Å²) in [6, 6.07) is 12.4. The van der Waals surface area contributed by atoms with Gasteiger partial charge in [0.25, 0.3) is 5.91 Å².